The Morgan fingerprint density at radius 3 is 2.48 bits per heavy atom. The average Bonchev–Trinajstić information content (AvgIpc) is 3.60. The Balaban J connectivity index is 1.13. The molecule has 0 aromatic heterocycles. The van der Waals surface area contributed by atoms with Gasteiger partial charge in [0, 0.05) is 25.0 Å². The second-order valence-corrected chi connectivity index (χ2v) is 10.3. The van der Waals surface area contributed by atoms with E-state index in [9.17, 15) is 10.5 Å². The van der Waals surface area contributed by atoms with Gasteiger partial charge < -0.3 is 10.2 Å². The molecule has 1 N–H and O–H groups in total. The molecule has 0 unspecified atom stereocenters. The first-order valence-electron chi connectivity index (χ1n) is 12.0. The van der Waals surface area contributed by atoms with Crippen molar-refractivity contribution in [1.82, 2.24) is 10.2 Å². The molecule has 2 aliphatic heterocycles. The summed E-state index contributed by atoms with van der Waals surface area (Å²) in [4.78, 5) is 4.73. The van der Waals surface area contributed by atoms with E-state index in [0.717, 1.165) is 38.4 Å². The lowest BCUT2D eigenvalue weighted by Crippen LogP contribution is -2.71. The molecule has 5 rings (SSSR count). The van der Waals surface area contributed by atoms with Gasteiger partial charge in [-0.05, 0) is 62.5 Å². The molecule has 2 aromatic rings. The summed E-state index contributed by atoms with van der Waals surface area (Å²) in [6.07, 6.45) is 4.11. The van der Waals surface area contributed by atoms with Gasteiger partial charge in [0.25, 0.3) is 0 Å². The van der Waals surface area contributed by atoms with E-state index in [1.54, 1.807) is 6.07 Å². The van der Waals surface area contributed by atoms with Gasteiger partial charge in [-0.3, -0.25) is 4.90 Å². The SMILES string of the molecule is N#CCC1(N2CCC(CN[C@@H]3C[C@H]3c3ccccc3)CC2)CN(c2cccc(Cl)c2C#N)C1. The normalized spacial score (nSPS) is 24.5. The first-order chi connectivity index (χ1) is 16.1. The monoisotopic (exact) mass is 459 g/mol. The molecule has 2 aromatic carbocycles. The van der Waals surface area contributed by atoms with Crippen LogP contribution in [0.25, 0.3) is 0 Å². The Bertz CT molecular complexity index is 1060. The highest BCUT2D eigenvalue weighted by Crippen LogP contribution is 2.42. The Morgan fingerprint density at radius 2 is 1.79 bits per heavy atom. The molecule has 0 amide bonds. The van der Waals surface area contributed by atoms with Crippen LogP contribution >= 0.6 is 11.6 Å². The molecule has 0 spiro atoms. The molecular formula is C27H30ClN5. The van der Waals surface area contributed by atoms with Crippen LogP contribution in [0.4, 0.5) is 5.69 Å². The van der Waals surface area contributed by atoms with E-state index in [4.69, 9.17) is 11.6 Å². The molecule has 2 atom stereocenters. The van der Waals surface area contributed by atoms with Crippen molar-refractivity contribution in [1.29, 1.82) is 10.5 Å². The third-order valence-electron chi connectivity index (χ3n) is 7.79. The molecule has 1 saturated carbocycles. The predicted molar refractivity (Wildman–Crippen MR) is 131 cm³/mol. The summed E-state index contributed by atoms with van der Waals surface area (Å²) >= 11 is 6.23. The van der Waals surface area contributed by atoms with Crippen molar-refractivity contribution in [2.45, 2.75) is 43.2 Å². The fraction of sp³-hybridized carbons (Fsp3) is 0.481. The van der Waals surface area contributed by atoms with Crippen LogP contribution in [0.15, 0.2) is 48.5 Å². The average molecular weight is 460 g/mol. The van der Waals surface area contributed by atoms with Gasteiger partial charge in [0.05, 0.1) is 34.3 Å². The third kappa shape index (κ3) is 4.46. The van der Waals surface area contributed by atoms with Gasteiger partial charge in [-0.25, -0.2) is 0 Å². The molecular weight excluding hydrogens is 430 g/mol. The second-order valence-electron chi connectivity index (χ2n) is 9.86. The minimum atomic E-state index is -0.114. The zero-order chi connectivity index (χ0) is 22.8. The highest BCUT2D eigenvalue weighted by Gasteiger charge is 2.49. The highest BCUT2D eigenvalue weighted by atomic mass is 35.5. The number of anilines is 1. The summed E-state index contributed by atoms with van der Waals surface area (Å²) in [5.41, 5.74) is 2.76. The molecule has 170 valence electrons. The van der Waals surface area contributed by atoms with Crippen molar-refractivity contribution in [3.8, 4) is 12.1 Å². The minimum absolute atomic E-state index is 0.114. The topological polar surface area (TPSA) is 66.1 Å². The fourth-order valence-corrected chi connectivity index (χ4v) is 5.92. The van der Waals surface area contributed by atoms with Gasteiger partial charge in [-0.2, -0.15) is 10.5 Å². The van der Waals surface area contributed by atoms with E-state index in [0.29, 0.717) is 34.9 Å². The van der Waals surface area contributed by atoms with Crippen molar-refractivity contribution < 1.29 is 0 Å². The summed E-state index contributed by atoms with van der Waals surface area (Å²) in [7, 11) is 0. The zero-order valence-electron chi connectivity index (χ0n) is 18.9. The maximum Gasteiger partial charge on any atom is 0.103 e. The lowest BCUT2D eigenvalue weighted by atomic mass is 9.81. The lowest BCUT2D eigenvalue weighted by molar-refractivity contribution is 0.0299. The van der Waals surface area contributed by atoms with Crippen molar-refractivity contribution in [3.63, 3.8) is 0 Å². The standard InChI is InChI=1S/C27H30ClN5/c28-24-7-4-8-26(23(24)16-30)32-18-27(19-32,11-12-29)33-13-9-20(10-14-33)17-31-25-15-22(25)21-5-2-1-3-6-21/h1-8,20,22,25,31H,9-11,13-15,17-19H2/t22-,25+/m0/s1. The van der Waals surface area contributed by atoms with Gasteiger partial charge in [-0.1, -0.05) is 48.0 Å². The van der Waals surface area contributed by atoms with Gasteiger partial charge in [0.1, 0.15) is 6.07 Å². The summed E-state index contributed by atoms with van der Waals surface area (Å²) in [5.74, 6) is 1.38. The zero-order valence-corrected chi connectivity index (χ0v) is 19.6. The number of rotatable bonds is 7. The van der Waals surface area contributed by atoms with Gasteiger partial charge >= 0.3 is 0 Å². The number of benzene rings is 2. The van der Waals surface area contributed by atoms with Crippen molar-refractivity contribution in [2.75, 3.05) is 37.6 Å². The third-order valence-corrected chi connectivity index (χ3v) is 8.11. The molecule has 0 radical (unpaired) electrons. The van der Waals surface area contributed by atoms with Crippen LogP contribution in [0, 0.1) is 28.6 Å². The maximum absolute atomic E-state index is 9.54. The number of halogens is 1. The highest BCUT2D eigenvalue weighted by molar-refractivity contribution is 6.32. The van der Waals surface area contributed by atoms with Crippen LogP contribution in [-0.2, 0) is 0 Å². The lowest BCUT2D eigenvalue weighted by Gasteiger charge is -2.57. The number of nitrogens with one attached hydrogen (secondary N) is 1. The summed E-state index contributed by atoms with van der Waals surface area (Å²) in [6.45, 7) is 4.72. The molecule has 2 saturated heterocycles. The van der Waals surface area contributed by atoms with Crippen LogP contribution in [-0.4, -0.2) is 49.2 Å². The van der Waals surface area contributed by atoms with E-state index in [-0.39, 0.29) is 5.54 Å². The number of hydrogen-bond acceptors (Lipinski definition) is 5. The first-order valence-corrected chi connectivity index (χ1v) is 12.4. The minimum Gasteiger partial charge on any atom is -0.366 e. The van der Waals surface area contributed by atoms with Crippen molar-refractivity contribution in [3.05, 3.63) is 64.7 Å². The Morgan fingerprint density at radius 1 is 1.03 bits per heavy atom. The number of nitriles is 2. The van der Waals surface area contributed by atoms with Crippen LogP contribution in [0.1, 0.15) is 42.7 Å². The van der Waals surface area contributed by atoms with Gasteiger partial charge in [-0.15, -0.1) is 0 Å². The summed E-state index contributed by atoms with van der Waals surface area (Å²) < 4.78 is 0. The maximum atomic E-state index is 9.54. The molecule has 33 heavy (non-hydrogen) atoms. The van der Waals surface area contributed by atoms with Crippen LogP contribution in [0.3, 0.4) is 0 Å². The molecule has 3 fully saturated rings. The van der Waals surface area contributed by atoms with E-state index in [1.165, 1.54) is 24.8 Å². The molecule has 3 aliphatic rings. The van der Waals surface area contributed by atoms with E-state index >= 15 is 0 Å². The number of likely N-dealkylation sites (tertiary alicyclic amines) is 1. The van der Waals surface area contributed by atoms with Crippen molar-refractivity contribution in [2.24, 2.45) is 5.92 Å². The second kappa shape index (κ2) is 9.35. The quantitative estimate of drug-likeness (QED) is 0.658. The molecule has 0 bridgehead atoms. The van der Waals surface area contributed by atoms with E-state index in [1.807, 2.05) is 12.1 Å². The van der Waals surface area contributed by atoms with Crippen LogP contribution in [0.2, 0.25) is 5.02 Å². The fourth-order valence-electron chi connectivity index (χ4n) is 5.71. The van der Waals surface area contributed by atoms with Gasteiger partial charge in [0.2, 0.25) is 0 Å². The van der Waals surface area contributed by atoms with E-state index in [2.05, 4.69) is 57.6 Å². The largest absolute Gasteiger partial charge is 0.366 e. The van der Waals surface area contributed by atoms with Crippen molar-refractivity contribution >= 4 is 17.3 Å². The number of hydrogen-bond donors (Lipinski definition) is 1. The van der Waals surface area contributed by atoms with Gasteiger partial charge in [0.15, 0.2) is 0 Å². The molecule has 2 heterocycles. The smallest absolute Gasteiger partial charge is 0.103 e. The molecule has 5 nitrogen and oxygen atoms in total. The summed E-state index contributed by atoms with van der Waals surface area (Å²) in [5, 5.41) is 23.4. The Hall–Kier alpha value is -2.57. The number of nitrogens with zero attached hydrogens (tertiary/aromatic N) is 4. The summed E-state index contributed by atoms with van der Waals surface area (Å²) in [6, 6.07) is 21.7. The molecule has 1 aliphatic carbocycles. The Labute approximate surface area is 201 Å². The van der Waals surface area contributed by atoms with Crippen LogP contribution in [0.5, 0.6) is 0 Å². The Kier molecular flexibility index (Phi) is 6.30. The first kappa shape index (κ1) is 22.2. The predicted octanol–water partition coefficient (Wildman–Crippen LogP) is 4.54. The number of piperidine rings is 1. The molecule has 6 heteroatoms. The van der Waals surface area contributed by atoms with Crippen LogP contribution < -0.4 is 10.2 Å². The van der Waals surface area contributed by atoms with E-state index < -0.39 is 0 Å².